The molecule has 0 bridgehead atoms. The Morgan fingerprint density at radius 2 is 2.21 bits per heavy atom. The number of ether oxygens (including phenoxy) is 1. The van der Waals surface area contributed by atoms with Gasteiger partial charge >= 0.3 is 5.97 Å². The highest BCUT2D eigenvalue weighted by Gasteiger charge is 2.34. The Hall–Kier alpha value is -0.650. The van der Waals surface area contributed by atoms with Gasteiger partial charge in [0.1, 0.15) is 6.17 Å². The van der Waals surface area contributed by atoms with Gasteiger partial charge in [-0.1, -0.05) is 0 Å². The zero-order valence-corrected chi connectivity index (χ0v) is 8.72. The van der Waals surface area contributed by atoms with Crippen molar-refractivity contribution in [3.63, 3.8) is 0 Å². The molecule has 1 aliphatic rings. The third-order valence-electron chi connectivity index (χ3n) is 2.34. The summed E-state index contributed by atoms with van der Waals surface area (Å²) < 4.78 is 39.9. The molecule has 0 saturated carbocycles. The zero-order chi connectivity index (χ0) is 10.8. The van der Waals surface area contributed by atoms with Crippen LogP contribution < -0.4 is 0 Å². The number of methoxy groups -OCH3 is 1. The fraction of sp³-hybridized carbons (Fsp3) is 0.875. The molecule has 0 radical (unpaired) electrons. The van der Waals surface area contributed by atoms with Crippen LogP contribution in [-0.2, 0) is 19.4 Å². The summed E-state index contributed by atoms with van der Waals surface area (Å²) in [5.74, 6) is -1.66. The molecule has 1 heterocycles. The average molecular weight is 224 g/mol. The molecule has 2 atom stereocenters. The van der Waals surface area contributed by atoms with Gasteiger partial charge in [-0.05, 0) is 6.42 Å². The second-order valence-electron chi connectivity index (χ2n) is 3.46. The monoisotopic (exact) mass is 224 g/mol. The number of esters is 1. The minimum absolute atomic E-state index is 0.00993. The van der Waals surface area contributed by atoms with Gasteiger partial charge in [0.15, 0.2) is 9.84 Å². The van der Waals surface area contributed by atoms with E-state index in [0.29, 0.717) is 0 Å². The second-order valence-corrected chi connectivity index (χ2v) is 5.69. The summed E-state index contributed by atoms with van der Waals surface area (Å²) in [6.07, 6.45) is -1.38. The summed E-state index contributed by atoms with van der Waals surface area (Å²) in [6, 6.07) is 0. The van der Waals surface area contributed by atoms with E-state index in [1.165, 1.54) is 7.11 Å². The first-order chi connectivity index (χ1) is 6.44. The van der Waals surface area contributed by atoms with Gasteiger partial charge in [-0.25, -0.2) is 12.8 Å². The van der Waals surface area contributed by atoms with Crippen LogP contribution in [0.25, 0.3) is 0 Å². The van der Waals surface area contributed by atoms with Gasteiger partial charge in [0.2, 0.25) is 0 Å². The lowest BCUT2D eigenvalue weighted by atomic mass is 10.00. The van der Waals surface area contributed by atoms with E-state index < -0.39 is 27.9 Å². The van der Waals surface area contributed by atoms with Crippen molar-refractivity contribution < 1.29 is 22.3 Å². The fourth-order valence-electron chi connectivity index (χ4n) is 1.53. The minimum atomic E-state index is -3.17. The molecule has 0 aromatic rings. The van der Waals surface area contributed by atoms with Crippen LogP contribution in [0.5, 0.6) is 0 Å². The lowest BCUT2D eigenvalue weighted by Crippen LogP contribution is -2.35. The Bertz CT molecular complexity index is 311. The van der Waals surface area contributed by atoms with Crippen LogP contribution >= 0.6 is 0 Å². The lowest BCUT2D eigenvalue weighted by Gasteiger charge is -2.24. The SMILES string of the molecule is COC(=O)C[C@H]1CS(=O)(=O)CC[C@H]1F. The van der Waals surface area contributed by atoms with Gasteiger partial charge in [-0.15, -0.1) is 0 Å². The Labute approximate surface area is 82.4 Å². The molecule has 0 aromatic heterocycles. The predicted molar refractivity (Wildman–Crippen MR) is 48.3 cm³/mol. The number of alkyl halides is 1. The molecule has 0 aromatic carbocycles. The van der Waals surface area contributed by atoms with Crippen molar-refractivity contribution in [2.24, 2.45) is 5.92 Å². The summed E-state index contributed by atoms with van der Waals surface area (Å²) >= 11 is 0. The maximum absolute atomic E-state index is 13.2. The van der Waals surface area contributed by atoms with Gasteiger partial charge < -0.3 is 4.74 Å². The molecule has 1 saturated heterocycles. The summed E-state index contributed by atoms with van der Waals surface area (Å²) in [4.78, 5) is 10.9. The minimum Gasteiger partial charge on any atom is -0.469 e. The summed E-state index contributed by atoms with van der Waals surface area (Å²) in [7, 11) is -1.97. The van der Waals surface area contributed by atoms with Crippen molar-refractivity contribution in [1.29, 1.82) is 0 Å². The van der Waals surface area contributed by atoms with Gasteiger partial charge in [0, 0.05) is 5.92 Å². The van der Waals surface area contributed by atoms with Crippen molar-refractivity contribution in [2.75, 3.05) is 18.6 Å². The van der Waals surface area contributed by atoms with Crippen LogP contribution in [0, 0.1) is 5.92 Å². The third kappa shape index (κ3) is 2.94. The van der Waals surface area contributed by atoms with Crippen LogP contribution in [-0.4, -0.2) is 39.2 Å². The molecule has 6 heteroatoms. The van der Waals surface area contributed by atoms with Gasteiger partial charge in [0.25, 0.3) is 0 Å². The number of sulfone groups is 1. The number of carbonyl (C=O) groups is 1. The van der Waals surface area contributed by atoms with Crippen molar-refractivity contribution in [3.8, 4) is 0 Å². The normalized spacial score (nSPS) is 31.0. The average Bonchev–Trinajstić information content (AvgIpc) is 2.11. The topological polar surface area (TPSA) is 60.4 Å². The molecular weight excluding hydrogens is 211 g/mol. The largest absolute Gasteiger partial charge is 0.469 e. The molecule has 0 unspecified atom stereocenters. The maximum atomic E-state index is 13.2. The molecule has 1 aliphatic heterocycles. The van der Waals surface area contributed by atoms with E-state index in [9.17, 15) is 17.6 Å². The van der Waals surface area contributed by atoms with Gasteiger partial charge in [-0.3, -0.25) is 4.79 Å². The Morgan fingerprint density at radius 1 is 1.57 bits per heavy atom. The van der Waals surface area contributed by atoms with E-state index in [0.717, 1.165) is 0 Å². The quantitative estimate of drug-likeness (QED) is 0.634. The van der Waals surface area contributed by atoms with Crippen molar-refractivity contribution in [2.45, 2.75) is 19.0 Å². The highest BCUT2D eigenvalue weighted by atomic mass is 32.2. The fourth-order valence-corrected chi connectivity index (χ4v) is 3.26. The predicted octanol–water partition coefficient (Wildman–Crippen LogP) is 0.322. The first-order valence-corrected chi connectivity index (χ1v) is 6.18. The molecule has 0 aliphatic carbocycles. The van der Waals surface area contributed by atoms with E-state index in [-0.39, 0.29) is 24.3 Å². The Morgan fingerprint density at radius 3 is 2.79 bits per heavy atom. The number of halogens is 1. The number of carbonyl (C=O) groups excluding carboxylic acids is 1. The smallest absolute Gasteiger partial charge is 0.305 e. The lowest BCUT2D eigenvalue weighted by molar-refractivity contribution is -0.142. The summed E-state index contributed by atoms with van der Waals surface area (Å²) in [5, 5.41) is 0. The molecule has 4 nitrogen and oxygen atoms in total. The molecule has 82 valence electrons. The van der Waals surface area contributed by atoms with Crippen LogP contribution in [0.4, 0.5) is 4.39 Å². The van der Waals surface area contributed by atoms with Crippen LogP contribution in [0.15, 0.2) is 0 Å². The Kier molecular flexibility index (Phi) is 3.47. The highest BCUT2D eigenvalue weighted by molar-refractivity contribution is 7.91. The van der Waals surface area contributed by atoms with Crippen LogP contribution in [0.2, 0.25) is 0 Å². The van der Waals surface area contributed by atoms with Gasteiger partial charge in [0.05, 0.1) is 25.0 Å². The number of hydrogen-bond donors (Lipinski definition) is 0. The van der Waals surface area contributed by atoms with E-state index >= 15 is 0 Å². The molecule has 1 fully saturated rings. The standard InChI is InChI=1S/C8H13FO4S/c1-13-8(10)4-6-5-14(11,12)3-2-7(6)9/h6-7H,2-5H2,1H3/t6-,7+/m0/s1. The van der Waals surface area contributed by atoms with Crippen molar-refractivity contribution >= 4 is 15.8 Å². The first-order valence-electron chi connectivity index (χ1n) is 4.36. The number of hydrogen-bond acceptors (Lipinski definition) is 4. The van der Waals surface area contributed by atoms with Crippen molar-refractivity contribution in [1.82, 2.24) is 0 Å². The first kappa shape index (κ1) is 11.4. The molecule has 14 heavy (non-hydrogen) atoms. The highest BCUT2D eigenvalue weighted by Crippen LogP contribution is 2.24. The van der Waals surface area contributed by atoms with E-state index in [1.807, 2.05) is 0 Å². The third-order valence-corrected chi connectivity index (χ3v) is 4.13. The van der Waals surface area contributed by atoms with E-state index in [2.05, 4.69) is 4.74 Å². The second kappa shape index (κ2) is 4.25. The molecular formula is C8H13FO4S. The van der Waals surface area contributed by atoms with Crippen molar-refractivity contribution in [3.05, 3.63) is 0 Å². The zero-order valence-electron chi connectivity index (χ0n) is 7.90. The number of rotatable bonds is 2. The molecule has 0 amide bonds. The van der Waals surface area contributed by atoms with E-state index in [1.54, 1.807) is 0 Å². The molecule has 1 rings (SSSR count). The maximum Gasteiger partial charge on any atom is 0.305 e. The Balaban J connectivity index is 2.62. The molecule has 0 spiro atoms. The van der Waals surface area contributed by atoms with Crippen LogP contribution in [0.1, 0.15) is 12.8 Å². The van der Waals surface area contributed by atoms with E-state index in [4.69, 9.17) is 0 Å². The summed E-state index contributed by atoms with van der Waals surface area (Å²) in [5.41, 5.74) is 0. The van der Waals surface area contributed by atoms with Crippen LogP contribution in [0.3, 0.4) is 0 Å². The molecule has 0 N–H and O–H groups in total. The van der Waals surface area contributed by atoms with Gasteiger partial charge in [-0.2, -0.15) is 0 Å². The summed E-state index contributed by atoms with van der Waals surface area (Å²) in [6.45, 7) is 0.